The smallest absolute Gasteiger partial charge is 0.349 e. The van der Waals surface area contributed by atoms with Crippen molar-refractivity contribution < 1.29 is 27.2 Å². The quantitative estimate of drug-likeness (QED) is 0.582. The van der Waals surface area contributed by atoms with Gasteiger partial charge in [-0.2, -0.15) is 0 Å². The average molecular weight is 393 g/mol. The molecule has 0 fully saturated rings. The largest absolute Gasteiger partial charge is 0.369 e. The molecule has 0 aliphatic rings. The molecular weight excluding hydrogens is 364 g/mol. The van der Waals surface area contributed by atoms with Crippen molar-refractivity contribution in [1.82, 2.24) is 0 Å². The number of anilines is 1. The number of hydrogen-bond donors (Lipinski definition) is 0. The zero-order valence-electron chi connectivity index (χ0n) is 16.2. The van der Waals surface area contributed by atoms with Crippen molar-refractivity contribution in [2.24, 2.45) is 0 Å². The van der Waals surface area contributed by atoms with Gasteiger partial charge in [-0.15, -0.1) is 0 Å². The molecule has 0 aliphatic heterocycles. The molecule has 25 heavy (non-hydrogen) atoms. The SMILES string of the molecule is COP(=O)(OC)C(c1ccccc1N(C)C(C)(C)C)P(=O)(OC)OC. The van der Waals surface area contributed by atoms with Gasteiger partial charge in [-0.25, -0.2) is 0 Å². The monoisotopic (exact) mass is 393 g/mol. The van der Waals surface area contributed by atoms with Gasteiger partial charge in [-0.05, 0) is 26.8 Å². The first-order valence-electron chi connectivity index (χ1n) is 7.76. The minimum atomic E-state index is -3.83. The molecule has 7 nitrogen and oxygen atoms in total. The molecule has 0 aromatic heterocycles. The van der Waals surface area contributed by atoms with E-state index in [4.69, 9.17) is 18.1 Å². The Bertz CT molecular complexity index is 631. The van der Waals surface area contributed by atoms with Gasteiger partial charge in [-0.1, -0.05) is 18.2 Å². The van der Waals surface area contributed by atoms with Crippen LogP contribution in [0.2, 0.25) is 0 Å². The first-order valence-corrected chi connectivity index (χ1v) is 11.0. The van der Waals surface area contributed by atoms with Crippen LogP contribution in [-0.2, 0) is 27.2 Å². The number of para-hydroxylation sites is 1. The van der Waals surface area contributed by atoms with Gasteiger partial charge in [-0.3, -0.25) is 9.13 Å². The molecule has 144 valence electrons. The summed E-state index contributed by atoms with van der Waals surface area (Å²) in [6.07, 6.45) is 0. The van der Waals surface area contributed by atoms with E-state index in [9.17, 15) is 9.13 Å². The lowest BCUT2D eigenvalue weighted by Gasteiger charge is -2.38. The minimum absolute atomic E-state index is 0.227. The van der Waals surface area contributed by atoms with Crippen LogP contribution >= 0.6 is 15.2 Å². The van der Waals surface area contributed by atoms with Crippen LogP contribution in [0.15, 0.2) is 24.3 Å². The van der Waals surface area contributed by atoms with Crippen LogP contribution in [0.1, 0.15) is 31.7 Å². The maximum Gasteiger partial charge on any atom is 0.349 e. The summed E-state index contributed by atoms with van der Waals surface area (Å²) in [6.45, 7) is 6.12. The first-order chi connectivity index (χ1) is 11.5. The van der Waals surface area contributed by atoms with E-state index >= 15 is 0 Å². The molecule has 0 atom stereocenters. The van der Waals surface area contributed by atoms with Crippen LogP contribution in [-0.4, -0.2) is 41.0 Å². The van der Waals surface area contributed by atoms with Crippen molar-refractivity contribution in [2.75, 3.05) is 40.4 Å². The fourth-order valence-electron chi connectivity index (χ4n) is 2.44. The topological polar surface area (TPSA) is 74.3 Å². The predicted octanol–water partition coefficient (Wildman–Crippen LogP) is 4.89. The summed E-state index contributed by atoms with van der Waals surface area (Å²) < 4.78 is 47.1. The Hall–Kier alpha value is -0.680. The lowest BCUT2D eigenvalue weighted by atomic mass is 10.0. The summed E-state index contributed by atoms with van der Waals surface area (Å²) in [5, 5.41) is -1.22. The Morgan fingerprint density at radius 3 is 1.64 bits per heavy atom. The van der Waals surface area contributed by atoms with Gasteiger partial charge in [0.15, 0.2) is 5.40 Å². The first kappa shape index (κ1) is 22.4. The molecule has 0 N–H and O–H groups in total. The highest BCUT2D eigenvalue weighted by Crippen LogP contribution is 2.78. The Labute approximate surface area is 150 Å². The van der Waals surface area contributed by atoms with Crippen LogP contribution in [0, 0.1) is 0 Å². The Balaban J connectivity index is 3.75. The molecule has 0 radical (unpaired) electrons. The lowest BCUT2D eigenvalue weighted by molar-refractivity contribution is 0.247. The zero-order valence-corrected chi connectivity index (χ0v) is 18.0. The van der Waals surface area contributed by atoms with E-state index < -0.39 is 20.6 Å². The maximum atomic E-state index is 13.2. The highest BCUT2D eigenvalue weighted by molar-refractivity contribution is 7.72. The summed E-state index contributed by atoms with van der Waals surface area (Å²) in [7, 11) is -0.733. The third-order valence-corrected chi connectivity index (χ3v) is 9.69. The van der Waals surface area contributed by atoms with Gasteiger partial charge in [0.2, 0.25) is 0 Å². The predicted molar refractivity (Wildman–Crippen MR) is 101 cm³/mol. The molecular formula is C16H29NO6P2. The lowest BCUT2D eigenvalue weighted by Crippen LogP contribution is -2.38. The normalized spacial score (nSPS) is 13.3. The maximum absolute atomic E-state index is 13.2. The molecule has 0 unspecified atom stereocenters. The van der Waals surface area contributed by atoms with Crippen molar-refractivity contribution in [1.29, 1.82) is 0 Å². The summed E-state index contributed by atoms with van der Waals surface area (Å²) in [6, 6.07) is 7.22. The molecule has 0 amide bonds. The fraction of sp³-hybridized carbons (Fsp3) is 0.625. The second-order valence-corrected chi connectivity index (χ2v) is 11.5. The molecule has 1 aromatic carbocycles. The van der Waals surface area contributed by atoms with Crippen LogP contribution in [0.25, 0.3) is 0 Å². The third kappa shape index (κ3) is 4.54. The molecule has 0 bridgehead atoms. The zero-order chi connectivity index (χ0) is 19.5. The summed E-state index contributed by atoms with van der Waals surface area (Å²) in [5.41, 5.74) is 1.03. The molecule has 1 aromatic rings. The number of nitrogens with zero attached hydrogens (tertiary/aromatic N) is 1. The Morgan fingerprint density at radius 1 is 0.880 bits per heavy atom. The summed E-state index contributed by atoms with van der Waals surface area (Å²) in [4.78, 5) is 2.00. The van der Waals surface area contributed by atoms with E-state index in [-0.39, 0.29) is 5.54 Å². The van der Waals surface area contributed by atoms with Gasteiger partial charge in [0, 0.05) is 52.3 Å². The van der Waals surface area contributed by atoms with Crippen LogP contribution in [0.4, 0.5) is 5.69 Å². The van der Waals surface area contributed by atoms with Gasteiger partial charge < -0.3 is 23.0 Å². The number of hydrogen-bond acceptors (Lipinski definition) is 7. The Morgan fingerprint density at radius 2 is 1.28 bits per heavy atom. The second kappa shape index (κ2) is 8.34. The fourth-order valence-corrected chi connectivity index (χ4v) is 7.17. The van der Waals surface area contributed by atoms with Gasteiger partial charge in [0.1, 0.15) is 0 Å². The van der Waals surface area contributed by atoms with Gasteiger partial charge in [0.25, 0.3) is 0 Å². The minimum Gasteiger partial charge on any atom is -0.369 e. The molecule has 0 heterocycles. The Kier molecular flexibility index (Phi) is 7.46. The van der Waals surface area contributed by atoms with Crippen LogP contribution in [0.5, 0.6) is 0 Å². The van der Waals surface area contributed by atoms with E-state index in [1.54, 1.807) is 12.1 Å². The van der Waals surface area contributed by atoms with E-state index in [2.05, 4.69) is 0 Å². The highest BCUT2D eigenvalue weighted by Gasteiger charge is 2.51. The molecule has 0 spiro atoms. The summed E-state index contributed by atoms with van der Waals surface area (Å²) >= 11 is 0. The van der Waals surface area contributed by atoms with Crippen molar-refractivity contribution in [3.8, 4) is 0 Å². The van der Waals surface area contributed by atoms with Gasteiger partial charge in [0.05, 0.1) is 0 Å². The van der Waals surface area contributed by atoms with Crippen molar-refractivity contribution in [2.45, 2.75) is 31.7 Å². The molecule has 9 heteroatoms. The van der Waals surface area contributed by atoms with E-state index in [1.165, 1.54) is 28.4 Å². The van der Waals surface area contributed by atoms with E-state index in [0.717, 1.165) is 5.69 Å². The van der Waals surface area contributed by atoms with E-state index in [1.807, 2.05) is 44.9 Å². The third-order valence-electron chi connectivity index (χ3n) is 4.20. The molecule has 0 saturated carbocycles. The molecule has 0 aliphatic carbocycles. The number of benzene rings is 1. The second-order valence-electron chi connectivity index (χ2n) is 6.47. The average Bonchev–Trinajstić information content (AvgIpc) is 2.60. The van der Waals surface area contributed by atoms with Crippen molar-refractivity contribution in [3.63, 3.8) is 0 Å². The van der Waals surface area contributed by atoms with Crippen LogP contribution < -0.4 is 4.90 Å². The molecule has 1 rings (SSSR count). The molecule has 0 saturated heterocycles. The number of rotatable bonds is 8. The van der Waals surface area contributed by atoms with E-state index in [0.29, 0.717) is 5.56 Å². The van der Waals surface area contributed by atoms with Crippen LogP contribution in [0.3, 0.4) is 0 Å². The standard InChI is InChI=1S/C16H29NO6P2/c1-16(2,3)17(4)14-12-10-9-11-13(14)15(24(18,20-5)21-6)25(19,22-7)23-8/h9-12,15H,1-8H3. The van der Waals surface area contributed by atoms with Gasteiger partial charge >= 0.3 is 15.2 Å². The highest BCUT2D eigenvalue weighted by atomic mass is 31.2. The van der Waals surface area contributed by atoms with Crippen molar-refractivity contribution >= 4 is 20.9 Å². The summed E-state index contributed by atoms with van der Waals surface area (Å²) in [5.74, 6) is 0. The van der Waals surface area contributed by atoms with Crippen molar-refractivity contribution in [3.05, 3.63) is 29.8 Å².